The summed E-state index contributed by atoms with van der Waals surface area (Å²) in [5.41, 5.74) is 4.53. The number of thioether (sulfide) groups is 1. The molecule has 0 aliphatic rings. The number of para-hydroxylation sites is 1. The number of aliphatic imine (C=N–C) groups is 1. The number of nitrogens with one attached hydrogen (secondary N) is 1. The van der Waals surface area contributed by atoms with E-state index in [0.717, 1.165) is 33.0 Å². The number of carbonyl (C=O) groups excluding carboxylic acids is 1. The topological polar surface area (TPSA) is 54.4 Å². The second-order valence-electron chi connectivity index (χ2n) is 6.68. The van der Waals surface area contributed by atoms with Crippen LogP contribution in [0.25, 0.3) is 0 Å². The van der Waals surface area contributed by atoms with E-state index >= 15 is 0 Å². The first-order chi connectivity index (χ1) is 13.9. The zero-order valence-electron chi connectivity index (χ0n) is 16.5. The summed E-state index contributed by atoms with van der Waals surface area (Å²) >= 11 is 7.57. The molecule has 6 heteroatoms. The second kappa shape index (κ2) is 9.72. The molecule has 0 saturated heterocycles. The number of amides is 1. The van der Waals surface area contributed by atoms with Gasteiger partial charge < -0.3 is 5.32 Å². The predicted octanol–water partition coefficient (Wildman–Crippen LogP) is 6.22. The molecule has 3 rings (SSSR count). The standard InChI is InChI=1S/C23H22ClN3OS/c1-15-10-11-16(2)20(13-15)27-23(28)17(3)29-21-9-5-4-8-19(21)26-14-18-7-6-12-25-22(18)24/h4-14,17H,1-3H3,(H,27,28)/t17-/m0/s1. The van der Waals surface area contributed by atoms with Crippen LogP contribution in [0.2, 0.25) is 5.15 Å². The van der Waals surface area contributed by atoms with Gasteiger partial charge in [-0.2, -0.15) is 0 Å². The molecule has 3 aromatic rings. The van der Waals surface area contributed by atoms with Gasteiger partial charge in [-0.25, -0.2) is 4.98 Å². The number of anilines is 1. The number of aryl methyl sites for hydroxylation is 2. The molecule has 29 heavy (non-hydrogen) atoms. The van der Waals surface area contributed by atoms with E-state index in [9.17, 15) is 4.79 Å². The maximum absolute atomic E-state index is 12.7. The lowest BCUT2D eigenvalue weighted by atomic mass is 10.1. The van der Waals surface area contributed by atoms with Crippen LogP contribution in [0.3, 0.4) is 0 Å². The summed E-state index contributed by atoms with van der Waals surface area (Å²) in [6.45, 7) is 5.89. The van der Waals surface area contributed by atoms with Crippen LogP contribution in [-0.2, 0) is 4.79 Å². The lowest BCUT2D eigenvalue weighted by Crippen LogP contribution is -2.22. The number of aromatic nitrogens is 1. The number of hydrogen-bond acceptors (Lipinski definition) is 4. The number of pyridine rings is 1. The highest BCUT2D eigenvalue weighted by Gasteiger charge is 2.17. The van der Waals surface area contributed by atoms with Gasteiger partial charge >= 0.3 is 0 Å². The molecule has 0 unspecified atom stereocenters. The predicted molar refractivity (Wildman–Crippen MR) is 123 cm³/mol. The Morgan fingerprint density at radius 1 is 1.17 bits per heavy atom. The zero-order chi connectivity index (χ0) is 20.8. The molecule has 1 aromatic heterocycles. The summed E-state index contributed by atoms with van der Waals surface area (Å²) < 4.78 is 0. The third-order valence-electron chi connectivity index (χ3n) is 4.32. The molecule has 4 nitrogen and oxygen atoms in total. The van der Waals surface area contributed by atoms with Gasteiger partial charge in [-0.15, -0.1) is 11.8 Å². The Morgan fingerprint density at radius 2 is 1.97 bits per heavy atom. The van der Waals surface area contributed by atoms with E-state index in [-0.39, 0.29) is 11.2 Å². The second-order valence-corrected chi connectivity index (χ2v) is 8.42. The molecule has 1 atom stereocenters. The third-order valence-corrected chi connectivity index (χ3v) is 5.80. The molecule has 1 N–H and O–H groups in total. The van der Waals surface area contributed by atoms with E-state index < -0.39 is 0 Å². The van der Waals surface area contributed by atoms with Crippen molar-refractivity contribution in [2.45, 2.75) is 30.9 Å². The van der Waals surface area contributed by atoms with Crippen LogP contribution in [0, 0.1) is 13.8 Å². The van der Waals surface area contributed by atoms with Crippen molar-refractivity contribution in [3.05, 3.63) is 82.6 Å². The molecule has 2 aromatic carbocycles. The Labute approximate surface area is 180 Å². The van der Waals surface area contributed by atoms with Crippen LogP contribution >= 0.6 is 23.4 Å². The van der Waals surface area contributed by atoms with Crippen molar-refractivity contribution in [2.75, 3.05) is 5.32 Å². The van der Waals surface area contributed by atoms with Gasteiger partial charge in [0.2, 0.25) is 5.91 Å². The van der Waals surface area contributed by atoms with Crippen molar-refractivity contribution >= 4 is 46.9 Å². The summed E-state index contributed by atoms with van der Waals surface area (Å²) in [6.07, 6.45) is 3.33. The zero-order valence-corrected chi connectivity index (χ0v) is 18.1. The van der Waals surface area contributed by atoms with E-state index in [1.807, 2.05) is 75.4 Å². The molecule has 0 fully saturated rings. The fraction of sp³-hybridized carbons (Fsp3) is 0.174. The van der Waals surface area contributed by atoms with E-state index in [0.29, 0.717) is 5.15 Å². The number of benzene rings is 2. The molecule has 0 radical (unpaired) electrons. The Morgan fingerprint density at radius 3 is 2.76 bits per heavy atom. The van der Waals surface area contributed by atoms with Crippen LogP contribution in [0.4, 0.5) is 11.4 Å². The average Bonchev–Trinajstić information content (AvgIpc) is 2.71. The molecule has 0 bridgehead atoms. The summed E-state index contributed by atoms with van der Waals surface area (Å²) in [5, 5.41) is 3.15. The molecular weight excluding hydrogens is 402 g/mol. The first kappa shape index (κ1) is 21.1. The maximum atomic E-state index is 12.7. The number of carbonyl (C=O) groups is 1. The monoisotopic (exact) mass is 423 g/mol. The highest BCUT2D eigenvalue weighted by Crippen LogP contribution is 2.33. The van der Waals surface area contributed by atoms with E-state index in [1.165, 1.54) is 11.8 Å². The molecular formula is C23H22ClN3OS. The molecule has 1 amide bonds. The van der Waals surface area contributed by atoms with Gasteiger partial charge in [-0.05, 0) is 62.2 Å². The number of nitrogens with zero attached hydrogens (tertiary/aromatic N) is 2. The van der Waals surface area contributed by atoms with Gasteiger partial charge in [0.25, 0.3) is 0 Å². The minimum absolute atomic E-state index is 0.0437. The van der Waals surface area contributed by atoms with Gasteiger partial charge in [0.05, 0.1) is 10.9 Å². The van der Waals surface area contributed by atoms with Crippen molar-refractivity contribution in [1.82, 2.24) is 4.98 Å². The SMILES string of the molecule is Cc1ccc(C)c(NC(=O)[C@H](C)Sc2ccccc2N=Cc2cccnc2Cl)c1. The van der Waals surface area contributed by atoms with Crippen LogP contribution < -0.4 is 5.32 Å². The fourth-order valence-corrected chi connectivity index (χ4v) is 3.76. The lowest BCUT2D eigenvalue weighted by Gasteiger charge is -2.15. The molecule has 148 valence electrons. The minimum atomic E-state index is -0.284. The van der Waals surface area contributed by atoms with Crippen molar-refractivity contribution in [2.24, 2.45) is 4.99 Å². The van der Waals surface area contributed by atoms with Gasteiger partial charge in [-0.1, -0.05) is 35.9 Å². The van der Waals surface area contributed by atoms with Crippen molar-refractivity contribution < 1.29 is 4.79 Å². The first-order valence-electron chi connectivity index (χ1n) is 9.22. The van der Waals surface area contributed by atoms with E-state index in [4.69, 9.17) is 11.6 Å². The van der Waals surface area contributed by atoms with Crippen LogP contribution in [-0.4, -0.2) is 22.4 Å². The Kier molecular flexibility index (Phi) is 7.07. The Balaban J connectivity index is 1.74. The average molecular weight is 424 g/mol. The molecule has 0 spiro atoms. The molecule has 0 saturated carbocycles. The lowest BCUT2D eigenvalue weighted by molar-refractivity contribution is -0.115. The van der Waals surface area contributed by atoms with Gasteiger partial charge in [0.1, 0.15) is 5.15 Å². The number of halogens is 1. The smallest absolute Gasteiger partial charge is 0.237 e. The maximum Gasteiger partial charge on any atom is 0.237 e. The van der Waals surface area contributed by atoms with E-state index in [1.54, 1.807) is 12.4 Å². The largest absolute Gasteiger partial charge is 0.325 e. The first-order valence-corrected chi connectivity index (χ1v) is 10.5. The highest BCUT2D eigenvalue weighted by molar-refractivity contribution is 8.00. The van der Waals surface area contributed by atoms with Crippen LogP contribution in [0.1, 0.15) is 23.6 Å². The van der Waals surface area contributed by atoms with Gasteiger partial charge in [0, 0.05) is 28.6 Å². The van der Waals surface area contributed by atoms with Crippen molar-refractivity contribution in [3.8, 4) is 0 Å². The van der Waals surface area contributed by atoms with Gasteiger partial charge in [0.15, 0.2) is 0 Å². The fourth-order valence-electron chi connectivity index (χ4n) is 2.65. The number of hydrogen-bond donors (Lipinski definition) is 1. The Bertz CT molecular complexity index is 1050. The van der Waals surface area contributed by atoms with Gasteiger partial charge in [-0.3, -0.25) is 9.79 Å². The molecule has 1 heterocycles. The van der Waals surface area contributed by atoms with Crippen LogP contribution in [0.15, 0.2) is 70.7 Å². The normalized spacial score (nSPS) is 12.1. The number of rotatable bonds is 6. The third kappa shape index (κ3) is 5.68. The minimum Gasteiger partial charge on any atom is -0.325 e. The van der Waals surface area contributed by atoms with Crippen molar-refractivity contribution in [3.63, 3.8) is 0 Å². The molecule has 0 aliphatic carbocycles. The summed E-state index contributed by atoms with van der Waals surface area (Å²) in [5.74, 6) is -0.0437. The van der Waals surface area contributed by atoms with Crippen LogP contribution in [0.5, 0.6) is 0 Å². The van der Waals surface area contributed by atoms with Crippen molar-refractivity contribution in [1.29, 1.82) is 0 Å². The molecule has 0 aliphatic heterocycles. The summed E-state index contributed by atoms with van der Waals surface area (Å²) in [7, 11) is 0. The summed E-state index contributed by atoms with van der Waals surface area (Å²) in [4.78, 5) is 22.3. The Hall–Kier alpha value is -2.63. The quantitative estimate of drug-likeness (QED) is 0.291. The summed E-state index contributed by atoms with van der Waals surface area (Å²) in [6, 6.07) is 17.4. The highest BCUT2D eigenvalue weighted by atomic mass is 35.5. The van der Waals surface area contributed by atoms with E-state index in [2.05, 4.69) is 15.3 Å².